The second-order valence-electron chi connectivity index (χ2n) is 4.75. The van der Waals surface area contributed by atoms with Crippen LogP contribution in [0.2, 0.25) is 0 Å². The van der Waals surface area contributed by atoms with Gasteiger partial charge in [0.05, 0.1) is 16.5 Å². The summed E-state index contributed by atoms with van der Waals surface area (Å²) in [6.07, 6.45) is 1.23. The highest BCUT2D eigenvalue weighted by molar-refractivity contribution is 7.85. The highest BCUT2D eigenvalue weighted by atomic mass is 32.2. The minimum absolute atomic E-state index is 0.148. The van der Waals surface area contributed by atoms with E-state index in [4.69, 9.17) is 5.26 Å². The minimum atomic E-state index is -4.28. The van der Waals surface area contributed by atoms with Crippen LogP contribution in [0.4, 0.5) is 0 Å². The predicted octanol–water partition coefficient (Wildman–Crippen LogP) is 2.70. The number of rotatable bonds is 4. The third-order valence-corrected chi connectivity index (χ3v) is 3.78. The molecule has 1 aromatic rings. The van der Waals surface area contributed by atoms with Crippen LogP contribution in [0.5, 0.6) is 0 Å². The SMILES string of the molecule is Cc1ccc(S(=O)(=O)O)c(CCC(C)C)c1C#N. The van der Waals surface area contributed by atoms with Crippen molar-refractivity contribution in [2.45, 2.75) is 38.5 Å². The summed E-state index contributed by atoms with van der Waals surface area (Å²) in [7, 11) is -4.28. The first-order chi connectivity index (χ1) is 8.27. The number of aryl methyl sites for hydroxylation is 1. The van der Waals surface area contributed by atoms with Crippen molar-refractivity contribution >= 4 is 10.1 Å². The molecule has 0 saturated carbocycles. The van der Waals surface area contributed by atoms with Gasteiger partial charge in [-0.05, 0) is 42.9 Å². The van der Waals surface area contributed by atoms with Gasteiger partial charge in [-0.25, -0.2) is 0 Å². The van der Waals surface area contributed by atoms with Crippen LogP contribution in [-0.2, 0) is 16.5 Å². The average Bonchev–Trinajstić information content (AvgIpc) is 2.24. The van der Waals surface area contributed by atoms with Gasteiger partial charge < -0.3 is 0 Å². The second-order valence-corrected chi connectivity index (χ2v) is 6.14. The molecule has 0 fully saturated rings. The lowest BCUT2D eigenvalue weighted by molar-refractivity contribution is 0.481. The van der Waals surface area contributed by atoms with Crippen LogP contribution in [0.15, 0.2) is 17.0 Å². The van der Waals surface area contributed by atoms with Crippen molar-refractivity contribution in [2.75, 3.05) is 0 Å². The first-order valence-corrected chi connectivity index (χ1v) is 7.21. The van der Waals surface area contributed by atoms with Crippen molar-refractivity contribution in [3.8, 4) is 6.07 Å². The molecule has 0 atom stereocenters. The van der Waals surface area contributed by atoms with Gasteiger partial charge >= 0.3 is 0 Å². The molecule has 1 rings (SSSR count). The molecule has 0 aliphatic rings. The summed E-state index contributed by atoms with van der Waals surface area (Å²) >= 11 is 0. The molecule has 0 spiro atoms. The van der Waals surface area contributed by atoms with Gasteiger partial charge in [-0.1, -0.05) is 19.9 Å². The van der Waals surface area contributed by atoms with E-state index in [1.807, 2.05) is 19.9 Å². The Bertz CT molecular complexity index is 583. The maximum Gasteiger partial charge on any atom is 0.294 e. The molecule has 18 heavy (non-hydrogen) atoms. The van der Waals surface area contributed by atoms with E-state index in [9.17, 15) is 13.0 Å². The maximum atomic E-state index is 11.3. The number of hydrogen-bond donors (Lipinski definition) is 1. The van der Waals surface area contributed by atoms with Gasteiger partial charge in [0.1, 0.15) is 0 Å². The molecule has 1 aromatic carbocycles. The molecule has 0 aromatic heterocycles. The summed E-state index contributed by atoms with van der Waals surface area (Å²) in [6, 6.07) is 4.93. The highest BCUT2D eigenvalue weighted by Gasteiger charge is 2.19. The van der Waals surface area contributed by atoms with Gasteiger partial charge in [-0.2, -0.15) is 13.7 Å². The Labute approximate surface area is 108 Å². The van der Waals surface area contributed by atoms with Crippen molar-refractivity contribution in [1.82, 2.24) is 0 Å². The number of nitrogens with zero attached hydrogens (tertiary/aromatic N) is 1. The zero-order valence-electron chi connectivity index (χ0n) is 10.8. The zero-order valence-corrected chi connectivity index (χ0v) is 11.6. The Balaban J connectivity index is 3.41. The quantitative estimate of drug-likeness (QED) is 0.851. The standard InChI is InChI=1S/C13H17NO3S/c1-9(2)4-6-11-12(8-14)10(3)5-7-13(11)18(15,16)17/h5,7,9H,4,6H2,1-3H3,(H,15,16,17). The summed E-state index contributed by atoms with van der Waals surface area (Å²) in [5.74, 6) is 0.395. The highest BCUT2D eigenvalue weighted by Crippen LogP contribution is 2.25. The molecule has 0 saturated heterocycles. The lowest BCUT2D eigenvalue weighted by Gasteiger charge is -2.12. The lowest BCUT2D eigenvalue weighted by atomic mass is 9.96. The van der Waals surface area contributed by atoms with Gasteiger partial charge in [0, 0.05) is 0 Å². The largest absolute Gasteiger partial charge is 0.294 e. The van der Waals surface area contributed by atoms with Crippen LogP contribution < -0.4 is 0 Å². The van der Waals surface area contributed by atoms with Gasteiger partial charge in [0.25, 0.3) is 10.1 Å². The Morgan fingerprint density at radius 1 is 1.39 bits per heavy atom. The van der Waals surface area contributed by atoms with Gasteiger partial charge in [-0.3, -0.25) is 4.55 Å². The normalized spacial score (nSPS) is 11.6. The van der Waals surface area contributed by atoms with Crippen molar-refractivity contribution < 1.29 is 13.0 Å². The molecule has 0 bridgehead atoms. The van der Waals surface area contributed by atoms with E-state index in [0.29, 0.717) is 23.5 Å². The molecule has 0 aliphatic heterocycles. The van der Waals surface area contributed by atoms with Crippen molar-refractivity contribution in [1.29, 1.82) is 5.26 Å². The molecule has 4 nitrogen and oxygen atoms in total. The third-order valence-electron chi connectivity index (χ3n) is 2.84. The molecule has 0 amide bonds. The number of nitriles is 1. The smallest absolute Gasteiger partial charge is 0.282 e. The summed E-state index contributed by atoms with van der Waals surface area (Å²) in [6.45, 7) is 5.80. The second kappa shape index (κ2) is 5.51. The third kappa shape index (κ3) is 3.31. The van der Waals surface area contributed by atoms with E-state index < -0.39 is 10.1 Å². The van der Waals surface area contributed by atoms with Gasteiger partial charge in [-0.15, -0.1) is 0 Å². The van der Waals surface area contributed by atoms with E-state index in [-0.39, 0.29) is 4.90 Å². The fourth-order valence-electron chi connectivity index (χ4n) is 1.82. The monoisotopic (exact) mass is 267 g/mol. The number of benzene rings is 1. The van der Waals surface area contributed by atoms with Crippen LogP contribution in [0.1, 0.15) is 37.0 Å². The van der Waals surface area contributed by atoms with E-state index in [1.54, 1.807) is 13.0 Å². The Hall–Kier alpha value is -1.38. The maximum absolute atomic E-state index is 11.3. The molecule has 5 heteroatoms. The summed E-state index contributed by atoms with van der Waals surface area (Å²) in [5, 5.41) is 9.13. The van der Waals surface area contributed by atoms with E-state index in [2.05, 4.69) is 0 Å². The Morgan fingerprint density at radius 2 is 2.00 bits per heavy atom. The fraction of sp³-hybridized carbons (Fsp3) is 0.462. The van der Waals surface area contributed by atoms with Crippen molar-refractivity contribution in [2.24, 2.45) is 5.92 Å². The molecular formula is C13H17NO3S. The molecule has 0 unspecified atom stereocenters. The van der Waals surface area contributed by atoms with Crippen LogP contribution in [0, 0.1) is 24.2 Å². The molecule has 0 radical (unpaired) electrons. The molecule has 0 heterocycles. The van der Waals surface area contributed by atoms with E-state index >= 15 is 0 Å². The first kappa shape index (κ1) is 14.7. The minimum Gasteiger partial charge on any atom is -0.282 e. The van der Waals surface area contributed by atoms with Crippen molar-refractivity contribution in [3.05, 3.63) is 28.8 Å². The predicted molar refractivity (Wildman–Crippen MR) is 68.9 cm³/mol. The fourth-order valence-corrected chi connectivity index (χ4v) is 2.58. The average molecular weight is 267 g/mol. The van der Waals surface area contributed by atoms with Gasteiger partial charge in [0.2, 0.25) is 0 Å². The van der Waals surface area contributed by atoms with Crippen LogP contribution in [-0.4, -0.2) is 13.0 Å². The van der Waals surface area contributed by atoms with E-state index in [1.165, 1.54) is 6.07 Å². The summed E-state index contributed by atoms with van der Waals surface area (Å²) in [5.41, 5.74) is 1.50. The molecule has 1 N–H and O–H groups in total. The topological polar surface area (TPSA) is 78.2 Å². The first-order valence-electron chi connectivity index (χ1n) is 5.77. The molecule has 98 valence electrons. The molecule has 0 aliphatic carbocycles. The van der Waals surface area contributed by atoms with E-state index in [0.717, 1.165) is 12.0 Å². The Kier molecular flexibility index (Phi) is 4.49. The summed E-state index contributed by atoms with van der Waals surface area (Å²) in [4.78, 5) is -0.148. The number of hydrogen-bond acceptors (Lipinski definition) is 3. The van der Waals surface area contributed by atoms with Crippen LogP contribution in [0.25, 0.3) is 0 Å². The van der Waals surface area contributed by atoms with Crippen molar-refractivity contribution in [3.63, 3.8) is 0 Å². The Morgan fingerprint density at radius 3 is 2.44 bits per heavy atom. The van der Waals surface area contributed by atoms with Gasteiger partial charge in [0.15, 0.2) is 0 Å². The van der Waals surface area contributed by atoms with Crippen LogP contribution >= 0.6 is 0 Å². The lowest BCUT2D eigenvalue weighted by Crippen LogP contribution is -2.07. The zero-order chi connectivity index (χ0) is 13.9. The van der Waals surface area contributed by atoms with Crippen LogP contribution in [0.3, 0.4) is 0 Å². The summed E-state index contributed by atoms with van der Waals surface area (Å²) < 4.78 is 31.9. The molecular weight excluding hydrogens is 250 g/mol.